The van der Waals surface area contributed by atoms with Crippen LogP contribution < -0.4 is 11.2 Å². The first-order valence-corrected chi connectivity index (χ1v) is 5.73. The van der Waals surface area contributed by atoms with Crippen molar-refractivity contribution in [3.05, 3.63) is 47.7 Å². The van der Waals surface area contributed by atoms with Gasteiger partial charge in [0.15, 0.2) is 0 Å². The van der Waals surface area contributed by atoms with Crippen LogP contribution in [-0.4, -0.2) is 17.9 Å². The number of aromatic nitrogens is 1. The van der Waals surface area contributed by atoms with Crippen LogP contribution in [0.4, 0.5) is 19.0 Å². The standard InChI is InChI=1S/C13H15F3N4/c1-3-5-9(13(14,15)16)8-11(20-18-2)10-6-4-7-19-12(10)17/h3-8,11,20H,2H2,1H3,(H2,17,19)/b5-3-,9-8-. The number of hydrazone groups is 1. The normalized spacial score (nSPS) is 14.3. The second-order valence-electron chi connectivity index (χ2n) is 3.86. The van der Waals surface area contributed by atoms with E-state index < -0.39 is 17.8 Å². The van der Waals surface area contributed by atoms with E-state index >= 15 is 0 Å². The van der Waals surface area contributed by atoms with Crippen molar-refractivity contribution in [3.8, 4) is 0 Å². The van der Waals surface area contributed by atoms with Crippen LogP contribution in [0.15, 0.2) is 47.2 Å². The fraction of sp³-hybridized carbons (Fsp3) is 0.231. The summed E-state index contributed by atoms with van der Waals surface area (Å²) in [5.74, 6) is 0.131. The minimum atomic E-state index is -4.47. The Balaban J connectivity index is 3.26. The number of anilines is 1. The molecule has 1 aromatic heterocycles. The summed E-state index contributed by atoms with van der Waals surface area (Å²) in [6.07, 6.45) is 0.263. The molecule has 0 radical (unpaired) electrons. The van der Waals surface area contributed by atoms with E-state index in [-0.39, 0.29) is 5.82 Å². The third-order valence-electron chi connectivity index (χ3n) is 2.46. The number of alkyl halides is 3. The third-order valence-corrected chi connectivity index (χ3v) is 2.46. The summed E-state index contributed by atoms with van der Waals surface area (Å²) in [5.41, 5.74) is 7.75. The van der Waals surface area contributed by atoms with Crippen LogP contribution in [-0.2, 0) is 0 Å². The van der Waals surface area contributed by atoms with E-state index in [0.29, 0.717) is 5.56 Å². The number of allylic oxidation sites excluding steroid dienone is 3. The molecule has 20 heavy (non-hydrogen) atoms. The van der Waals surface area contributed by atoms with Crippen LogP contribution in [0.3, 0.4) is 0 Å². The van der Waals surface area contributed by atoms with Crippen molar-refractivity contribution in [2.75, 3.05) is 5.73 Å². The molecule has 0 aliphatic heterocycles. The number of nitrogens with two attached hydrogens (primary N) is 1. The summed E-state index contributed by atoms with van der Waals surface area (Å²) < 4.78 is 38.7. The molecule has 0 amide bonds. The Morgan fingerprint density at radius 1 is 1.55 bits per heavy atom. The zero-order chi connectivity index (χ0) is 15.2. The van der Waals surface area contributed by atoms with Gasteiger partial charge in [-0.05, 0) is 19.1 Å². The van der Waals surface area contributed by atoms with Crippen molar-refractivity contribution in [2.24, 2.45) is 5.10 Å². The molecule has 0 aliphatic carbocycles. The lowest BCUT2D eigenvalue weighted by Crippen LogP contribution is -2.19. The zero-order valence-electron chi connectivity index (χ0n) is 10.9. The molecule has 0 saturated heterocycles. The Morgan fingerprint density at radius 3 is 2.75 bits per heavy atom. The summed E-state index contributed by atoms with van der Waals surface area (Å²) >= 11 is 0. The number of rotatable bonds is 5. The molecule has 4 nitrogen and oxygen atoms in total. The molecule has 108 valence electrons. The number of hydrogen-bond acceptors (Lipinski definition) is 4. The van der Waals surface area contributed by atoms with E-state index in [4.69, 9.17) is 5.73 Å². The molecule has 1 atom stereocenters. The minimum absolute atomic E-state index is 0.131. The predicted molar refractivity (Wildman–Crippen MR) is 73.0 cm³/mol. The molecule has 1 heterocycles. The van der Waals surface area contributed by atoms with Gasteiger partial charge in [0.25, 0.3) is 0 Å². The number of nitrogen functional groups attached to an aromatic ring is 1. The van der Waals surface area contributed by atoms with Gasteiger partial charge in [-0.25, -0.2) is 4.98 Å². The topological polar surface area (TPSA) is 63.3 Å². The number of nitrogens with one attached hydrogen (secondary N) is 1. The molecule has 1 rings (SSSR count). The second-order valence-corrected chi connectivity index (χ2v) is 3.86. The Hall–Kier alpha value is -2.31. The van der Waals surface area contributed by atoms with Crippen molar-refractivity contribution < 1.29 is 13.2 Å². The van der Waals surface area contributed by atoms with Gasteiger partial charge in [-0.15, -0.1) is 0 Å². The van der Waals surface area contributed by atoms with Gasteiger partial charge in [-0.1, -0.05) is 18.2 Å². The average molecular weight is 284 g/mol. The van der Waals surface area contributed by atoms with Crippen LogP contribution in [0.25, 0.3) is 0 Å². The van der Waals surface area contributed by atoms with E-state index in [1.54, 1.807) is 12.1 Å². The van der Waals surface area contributed by atoms with Crippen molar-refractivity contribution in [1.82, 2.24) is 10.4 Å². The quantitative estimate of drug-likeness (QED) is 0.496. The highest BCUT2D eigenvalue weighted by Crippen LogP contribution is 2.30. The molecule has 0 aromatic carbocycles. The summed E-state index contributed by atoms with van der Waals surface area (Å²) in [5, 5.41) is 3.43. The molecule has 0 saturated carbocycles. The molecule has 0 bridgehead atoms. The third kappa shape index (κ3) is 4.11. The zero-order valence-corrected chi connectivity index (χ0v) is 10.9. The first-order valence-electron chi connectivity index (χ1n) is 5.73. The number of nitrogens with zero attached hydrogens (tertiary/aromatic N) is 2. The minimum Gasteiger partial charge on any atom is -0.383 e. The number of pyridine rings is 1. The van der Waals surface area contributed by atoms with E-state index in [2.05, 4.69) is 22.2 Å². The Morgan fingerprint density at radius 2 is 2.25 bits per heavy atom. The molecule has 1 unspecified atom stereocenters. The Kier molecular flexibility index (Phi) is 5.31. The second kappa shape index (κ2) is 6.74. The fourth-order valence-electron chi connectivity index (χ4n) is 1.59. The van der Waals surface area contributed by atoms with Crippen LogP contribution >= 0.6 is 0 Å². The van der Waals surface area contributed by atoms with Gasteiger partial charge < -0.3 is 5.73 Å². The maximum Gasteiger partial charge on any atom is 0.416 e. The van der Waals surface area contributed by atoms with Crippen molar-refractivity contribution in [1.29, 1.82) is 0 Å². The average Bonchev–Trinajstić information content (AvgIpc) is 2.37. The molecular formula is C13H15F3N4. The summed E-state index contributed by atoms with van der Waals surface area (Å²) in [4.78, 5) is 3.84. The van der Waals surface area contributed by atoms with Crippen LogP contribution in [0.1, 0.15) is 18.5 Å². The lowest BCUT2D eigenvalue weighted by Gasteiger charge is -2.17. The molecule has 0 spiro atoms. The number of hydrogen-bond donors (Lipinski definition) is 2. The van der Waals surface area contributed by atoms with E-state index in [1.807, 2.05) is 0 Å². The van der Waals surface area contributed by atoms with Gasteiger partial charge in [0.1, 0.15) is 5.82 Å². The SMILES string of the molecule is C=NNC(/C=C(/C=C\C)C(F)(F)F)c1cccnc1N. The molecule has 0 aliphatic rings. The fourth-order valence-corrected chi connectivity index (χ4v) is 1.59. The van der Waals surface area contributed by atoms with Gasteiger partial charge in [0.2, 0.25) is 0 Å². The smallest absolute Gasteiger partial charge is 0.383 e. The molecule has 1 aromatic rings. The van der Waals surface area contributed by atoms with Gasteiger partial charge in [0.05, 0.1) is 11.6 Å². The van der Waals surface area contributed by atoms with Crippen molar-refractivity contribution in [3.63, 3.8) is 0 Å². The first-order chi connectivity index (χ1) is 9.40. The molecule has 7 heteroatoms. The first kappa shape index (κ1) is 15.7. The number of halogens is 3. The Labute approximate surface area is 114 Å². The van der Waals surface area contributed by atoms with Crippen LogP contribution in [0.5, 0.6) is 0 Å². The lowest BCUT2D eigenvalue weighted by molar-refractivity contribution is -0.0885. The lowest BCUT2D eigenvalue weighted by atomic mass is 10.0. The summed E-state index contributed by atoms with van der Waals surface area (Å²) in [6, 6.07) is 2.29. The van der Waals surface area contributed by atoms with Crippen LogP contribution in [0, 0.1) is 0 Å². The van der Waals surface area contributed by atoms with Crippen molar-refractivity contribution in [2.45, 2.75) is 19.1 Å². The summed E-state index contributed by atoms with van der Waals surface area (Å²) in [7, 11) is 0. The highest BCUT2D eigenvalue weighted by molar-refractivity contribution is 5.44. The monoisotopic (exact) mass is 284 g/mol. The molecule has 0 fully saturated rings. The maximum atomic E-state index is 12.9. The van der Waals surface area contributed by atoms with Gasteiger partial charge in [0, 0.05) is 18.5 Å². The summed E-state index contributed by atoms with van der Waals surface area (Å²) in [6.45, 7) is 4.73. The van der Waals surface area contributed by atoms with E-state index in [9.17, 15) is 13.2 Å². The maximum absolute atomic E-state index is 12.9. The largest absolute Gasteiger partial charge is 0.416 e. The highest BCUT2D eigenvalue weighted by Gasteiger charge is 2.32. The van der Waals surface area contributed by atoms with Gasteiger partial charge >= 0.3 is 6.18 Å². The van der Waals surface area contributed by atoms with Crippen molar-refractivity contribution >= 4 is 12.5 Å². The van der Waals surface area contributed by atoms with E-state index in [0.717, 1.165) is 12.2 Å². The van der Waals surface area contributed by atoms with Crippen LogP contribution in [0.2, 0.25) is 0 Å². The highest BCUT2D eigenvalue weighted by atomic mass is 19.4. The van der Waals surface area contributed by atoms with Gasteiger partial charge in [-0.3, -0.25) is 5.43 Å². The van der Waals surface area contributed by atoms with E-state index in [1.165, 1.54) is 19.2 Å². The molecular weight excluding hydrogens is 269 g/mol. The van der Waals surface area contributed by atoms with Gasteiger partial charge in [-0.2, -0.15) is 18.3 Å². The molecule has 3 N–H and O–H groups in total. The predicted octanol–water partition coefficient (Wildman–Crippen LogP) is 2.97. The Bertz CT molecular complexity index is 521.